The van der Waals surface area contributed by atoms with E-state index in [-0.39, 0.29) is 42.6 Å². The summed E-state index contributed by atoms with van der Waals surface area (Å²) in [6.07, 6.45) is -0.635. The standard InChI is InChI=1S/C27H24ClF5N4O2/c1-25(19-14-34-16-35-15-19,24(39)36-12-9-17-3-2-4-20(29)13-17)37(23(38)22(28)30)21-7-5-18(6-8-21)26(10-11-26)27(31,32)33/h2-8,13-16,22H,9-12H2,1H3,(H,36,39)/t22-,25+/m0/s1. The van der Waals surface area contributed by atoms with E-state index in [9.17, 15) is 31.5 Å². The van der Waals surface area contributed by atoms with E-state index in [2.05, 4.69) is 15.3 Å². The Morgan fingerprint density at radius 3 is 2.28 bits per heavy atom. The van der Waals surface area contributed by atoms with Crippen molar-refractivity contribution in [3.05, 3.63) is 89.8 Å². The molecule has 0 bridgehead atoms. The summed E-state index contributed by atoms with van der Waals surface area (Å²) >= 11 is 5.54. The van der Waals surface area contributed by atoms with E-state index >= 15 is 0 Å². The number of hydrogen-bond donors (Lipinski definition) is 1. The number of benzene rings is 2. The Morgan fingerprint density at radius 2 is 1.74 bits per heavy atom. The van der Waals surface area contributed by atoms with E-state index in [1.807, 2.05) is 0 Å². The maximum Gasteiger partial charge on any atom is 0.398 e. The molecule has 1 aliphatic rings. The molecule has 1 heterocycles. The van der Waals surface area contributed by atoms with E-state index in [1.54, 1.807) is 6.07 Å². The van der Waals surface area contributed by atoms with Gasteiger partial charge in [-0.1, -0.05) is 35.9 Å². The number of anilines is 1. The smallest absolute Gasteiger partial charge is 0.353 e. The van der Waals surface area contributed by atoms with Crippen LogP contribution in [0.2, 0.25) is 0 Å². The normalized spacial score (nSPS) is 16.6. The van der Waals surface area contributed by atoms with E-state index in [0.29, 0.717) is 5.56 Å². The lowest BCUT2D eigenvalue weighted by Gasteiger charge is -2.40. The molecular formula is C27H24ClF5N4O2. The van der Waals surface area contributed by atoms with Crippen LogP contribution in [0.3, 0.4) is 0 Å². The largest absolute Gasteiger partial charge is 0.398 e. The molecule has 39 heavy (non-hydrogen) atoms. The fraction of sp³-hybridized carbons (Fsp3) is 0.333. The second-order valence-electron chi connectivity index (χ2n) is 9.44. The fourth-order valence-electron chi connectivity index (χ4n) is 4.59. The van der Waals surface area contributed by atoms with Crippen molar-refractivity contribution < 1.29 is 31.5 Å². The van der Waals surface area contributed by atoms with Crippen LogP contribution >= 0.6 is 11.6 Å². The van der Waals surface area contributed by atoms with Crippen LogP contribution in [-0.4, -0.2) is 40.1 Å². The first-order chi connectivity index (χ1) is 18.4. The van der Waals surface area contributed by atoms with Gasteiger partial charge in [0.25, 0.3) is 17.4 Å². The molecule has 1 saturated carbocycles. The van der Waals surface area contributed by atoms with Gasteiger partial charge in [-0.05, 0) is 61.6 Å². The molecule has 1 N–H and O–H groups in total. The number of halogens is 6. The summed E-state index contributed by atoms with van der Waals surface area (Å²) in [6, 6.07) is 10.6. The lowest BCUT2D eigenvalue weighted by atomic mass is 9.89. The Balaban J connectivity index is 1.71. The molecule has 0 aliphatic heterocycles. The van der Waals surface area contributed by atoms with Crippen LogP contribution in [0.1, 0.15) is 36.5 Å². The molecule has 0 unspecified atom stereocenters. The highest BCUT2D eigenvalue weighted by Crippen LogP contribution is 2.59. The SMILES string of the molecule is C[C@](C(=O)NCCc1cccc(F)c1)(c1cncnc1)N(C(=O)[C@H](F)Cl)c1ccc(C2(C(F)(F)F)CC2)cc1. The highest BCUT2D eigenvalue weighted by atomic mass is 35.5. The zero-order valence-electron chi connectivity index (χ0n) is 20.7. The summed E-state index contributed by atoms with van der Waals surface area (Å²) in [4.78, 5) is 35.4. The maximum absolute atomic E-state index is 14.3. The van der Waals surface area contributed by atoms with Crippen LogP contribution in [0.25, 0.3) is 0 Å². The van der Waals surface area contributed by atoms with E-state index in [0.717, 1.165) is 4.90 Å². The molecule has 206 valence electrons. The van der Waals surface area contributed by atoms with Crippen LogP contribution in [0, 0.1) is 5.82 Å². The van der Waals surface area contributed by atoms with Gasteiger partial charge in [-0.2, -0.15) is 13.2 Å². The predicted octanol–water partition coefficient (Wildman–Crippen LogP) is 5.35. The summed E-state index contributed by atoms with van der Waals surface area (Å²) in [5, 5.41) is 2.67. The summed E-state index contributed by atoms with van der Waals surface area (Å²) in [5.74, 6) is -2.52. The summed E-state index contributed by atoms with van der Waals surface area (Å²) in [7, 11) is 0. The Labute approximate surface area is 226 Å². The quantitative estimate of drug-likeness (QED) is 0.280. The van der Waals surface area contributed by atoms with Crippen molar-refractivity contribution in [2.75, 3.05) is 11.4 Å². The number of nitrogens with one attached hydrogen (secondary N) is 1. The second kappa shape index (κ2) is 10.9. The first-order valence-corrected chi connectivity index (χ1v) is 12.4. The van der Waals surface area contributed by atoms with E-state index in [4.69, 9.17) is 11.6 Å². The van der Waals surface area contributed by atoms with Crippen molar-refractivity contribution in [2.24, 2.45) is 0 Å². The number of amides is 2. The van der Waals surface area contributed by atoms with Gasteiger partial charge in [0.2, 0.25) is 0 Å². The molecule has 1 fully saturated rings. The number of carbonyl (C=O) groups is 2. The molecule has 2 amide bonds. The number of rotatable bonds is 9. The van der Waals surface area contributed by atoms with Crippen molar-refractivity contribution in [3.63, 3.8) is 0 Å². The third-order valence-electron chi connectivity index (χ3n) is 6.98. The van der Waals surface area contributed by atoms with E-state index in [1.165, 1.54) is 68.1 Å². The van der Waals surface area contributed by atoms with Gasteiger partial charge in [0.05, 0.1) is 5.41 Å². The molecule has 0 spiro atoms. The zero-order valence-corrected chi connectivity index (χ0v) is 21.4. The zero-order chi connectivity index (χ0) is 28.4. The maximum atomic E-state index is 14.3. The van der Waals surface area contributed by atoms with Crippen LogP contribution < -0.4 is 10.2 Å². The van der Waals surface area contributed by atoms with Crippen molar-refractivity contribution in [2.45, 2.75) is 48.9 Å². The van der Waals surface area contributed by atoms with Gasteiger partial charge in [-0.3, -0.25) is 14.5 Å². The molecule has 2 atom stereocenters. The molecule has 4 rings (SSSR count). The molecule has 6 nitrogen and oxygen atoms in total. The average molecular weight is 567 g/mol. The van der Waals surface area contributed by atoms with Crippen molar-refractivity contribution in [1.29, 1.82) is 0 Å². The van der Waals surface area contributed by atoms with Crippen molar-refractivity contribution in [1.82, 2.24) is 15.3 Å². The molecule has 3 aromatic rings. The minimum atomic E-state index is -4.46. The van der Waals surface area contributed by atoms with Crippen LogP contribution in [0.15, 0.2) is 67.3 Å². The number of hydrogen-bond acceptors (Lipinski definition) is 4. The van der Waals surface area contributed by atoms with Crippen molar-refractivity contribution in [3.8, 4) is 0 Å². The minimum absolute atomic E-state index is 0.00175. The fourth-order valence-corrected chi connectivity index (χ4v) is 4.69. The minimum Gasteiger partial charge on any atom is -0.353 e. The molecule has 1 aromatic heterocycles. The van der Waals surface area contributed by atoms with Crippen LogP contribution in [0.4, 0.5) is 27.6 Å². The third-order valence-corrected chi connectivity index (χ3v) is 7.16. The highest BCUT2D eigenvalue weighted by Gasteiger charge is 2.64. The number of aromatic nitrogens is 2. The molecule has 1 aliphatic carbocycles. The lowest BCUT2D eigenvalue weighted by molar-refractivity contribution is -0.160. The Bertz CT molecular complexity index is 1330. The predicted molar refractivity (Wildman–Crippen MR) is 134 cm³/mol. The van der Waals surface area contributed by atoms with Gasteiger partial charge < -0.3 is 5.32 Å². The molecular weight excluding hydrogens is 543 g/mol. The number of nitrogens with zero attached hydrogens (tertiary/aromatic N) is 3. The Hall–Kier alpha value is -3.60. The van der Waals surface area contributed by atoms with E-state index < -0.39 is 40.4 Å². The van der Waals surface area contributed by atoms with Gasteiger partial charge in [-0.25, -0.2) is 18.7 Å². The van der Waals surface area contributed by atoms with Crippen LogP contribution in [-0.2, 0) is 27.0 Å². The monoisotopic (exact) mass is 566 g/mol. The van der Waals surface area contributed by atoms with Crippen molar-refractivity contribution >= 4 is 29.1 Å². The van der Waals surface area contributed by atoms with Gasteiger partial charge in [0.15, 0.2) is 5.54 Å². The summed E-state index contributed by atoms with van der Waals surface area (Å²) in [5.41, 5.74) is -5.87. The van der Waals surface area contributed by atoms with Gasteiger partial charge in [0.1, 0.15) is 12.1 Å². The second-order valence-corrected chi connectivity index (χ2v) is 9.82. The lowest BCUT2D eigenvalue weighted by Crippen LogP contribution is -2.58. The first-order valence-electron chi connectivity index (χ1n) is 12.0. The Morgan fingerprint density at radius 1 is 1.10 bits per heavy atom. The summed E-state index contributed by atoms with van der Waals surface area (Å²) in [6.45, 7) is 1.35. The number of carbonyl (C=O) groups excluding carboxylic acids is 2. The van der Waals surface area contributed by atoms with Crippen LogP contribution in [0.5, 0.6) is 0 Å². The number of alkyl halides is 5. The van der Waals surface area contributed by atoms with Gasteiger partial charge in [-0.15, -0.1) is 0 Å². The van der Waals surface area contributed by atoms with Gasteiger partial charge >= 0.3 is 6.18 Å². The topological polar surface area (TPSA) is 75.2 Å². The third kappa shape index (κ3) is 5.59. The molecule has 12 heteroatoms. The molecule has 2 aromatic carbocycles. The van der Waals surface area contributed by atoms with Gasteiger partial charge in [0, 0.05) is 30.2 Å². The average Bonchev–Trinajstić information content (AvgIpc) is 3.72. The molecule has 0 radical (unpaired) electrons. The first kappa shape index (κ1) is 28.4. The summed E-state index contributed by atoms with van der Waals surface area (Å²) < 4.78 is 68.8. The Kier molecular flexibility index (Phi) is 7.92. The highest BCUT2D eigenvalue weighted by molar-refractivity contribution is 6.32. The molecule has 0 saturated heterocycles.